The summed E-state index contributed by atoms with van der Waals surface area (Å²) >= 11 is 10.5. The molecule has 1 aromatic rings. The number of rotatable bonds is 10. The fourth-order valence-electron chi connectivity index (χ4n) is 16.6. The summed E-state index contributed by atoms with van der Waals surface area (Å²) in [7, 11) is 3.40. The van der Waals surface area contributed by atoms with Crippen molar-refractivity contribution in [1.82, 2.24) is 20.2 Å². The Morgan fingerprint density at radius 1 is 0.736 bits per heavy atom. The van der Waals surface area contributed by atoms with Gasteiger partial charge < -0.3 is 31.3 Å². The Labute approximate surface area is 537 Å². The summed E-state index contributed by atoms with van der Waals surface area (Å²) in [5, 5.41) is 48.9. The van der Waals surface area contributed by atoms with Gasteiger partial charge in [-0.3, -0.25) is 14.4 Å². The third-order valence-corrected chi connectivity index (χ3v) is 19.6. The molecule has 0 saturated heterocycles. The average Bonchev–Trinajstić information content (AvgIpc) is 4.21. The molecule has 0 bridgehead atoms. The van der Waals surface area contributed by atoms with E-state index >= 15 is 0 Å². The Morgan fingerprint density at radius 2 is 1.19 bits per heavy atom. The van der Waals surface area contributed by atoms with E-state index in [9.17, 15) is 19.8 Å². The number of azo groups is 1. The van der Waals surface area contributed by atoms with Crippen molar-refractivity contribution in [3.8, 4) is 0 Å². The summed E-state index contributed by atoms with van der Waals surface area (Å²) in [5.74, 6) is 8.62. The molecule has 2 heterocycles. The second-order valence-corrected chi connectivity index (χ2v) is 22.5. The Balaban J connectivity index is 0.000000567. The van der Waals surface area contributed by atoms with Crippen LogP contribution in [0.15, 0.2) is 21.5 Å². The van der Waals surface area contributed by atoms with Crippen LogP contribution < -0.4 is 108 Å². The Morgan fingerprint density at radius 3 is 1.56 bits per heavy atom. The molecule has 1 aromatic heterocycles. The van der Waals surface area contributed by atoms with E-state index in [0.29, 0.717) is 61.1 Å². The summed E-state index contributed by atoms with van der Waals surface area (Å²) in [6.45, 7) is 6.43. The van der Waals surface area contributed by atoms with Gasteiger partial charge in [0.05, 0.1) is 29.7 Å². The number of Topliss-reactive ketones (excluding diaryl/α,β-unsaturated/α-hetero) is 2. The third kappa shape index (κ3) is 16.5. The fourth-order valence-corrected chi connectivity index (χ4v) is 17.0. The molecule has 21 heteroatoms. The molecule has 72 heavy (non-hydrogen) atoms. The minimum atomic E-state index is -0.618. The number of aliphatic hydroxyl groups is 2. The van der Waals surface area contributed by atoms with E-state index < -0.39 is 11.2 Å². The topological polar surface area (TPSA) is 223 Å². The zero-order chi connectivity index (χ0) is 50.4. The number of alkyl halides is 1. The molecule has 0 unspecified atom stereocenters. The van der Waals surface area contributed by atoms with Crippen molar-refractivity contribution in [3.63, 3.8) is 0 Å². The van der Waals surface area contributed by atoms with E-state index in [1.54, 1.807) is 37.7 Å². The van der Waals surface area contributed by atoms with Gasteiger partial charge in [0.15, 0.2) is 12.5 Å². The number of nitrogens with zero attached hydrogens (tertiary/aromatic N) is 7. The number of hydrogen-bond acceptors (Lipinski definition) is 17. The number of ketones is 2. The molecule has 10 rings (SSSR count). The van der Waals surface area contributed by atoms with E-state index in [0.717, 1.165) is 92.8 Å². The number of ether oxygens (including phenoxy) is 2. The van der Waals surface area contributed by atoms with Gasteiger partial charge in [-0.15, -0.1) is 10.2 Å². The Hall–Kier alpha value is 1.40. The van der Waals surface area contributed by atoms with Crippen LogP contribution in [-0.4, -0.2) is 118 Å². The van der Waals surface area contributed by atoms with Crippen LogP contribution >= 0.6 is 41.2 Å². The van der Waals surface area contributed by atoms with E-state index in [1.165, 1.54) is 70.5 Å². The van der Waals surface area contributed by atoms with Gasteiger partial charge in [0.2, 0.25) is 0 Å². The number of carbonyl (C=O) groups is 3. The van der Waals surface area contributed by atoms with Crippen LogP contribution in [0.3, 0.4) is 0 Å². The Kier molecular flexibility index (Phi) is 32.1. The van der Waals surface area contributed by atoms with Crippen molar-refractivity contribution in [2.75, 3.05) is 51.9 Å². The molecule has 2 N–H and O–H groups in total. The minimum absolute atomic E-state index is 0. The SMILES string of the molecule is C.C1=NCN=N1.COC[C@@]1(O)CC[C@H]2[C@H](CC[C@@H]3[C@@H]2CC[C@]2(C)[C@@H](C(=O)CBr)CC[C@@H]32)C1.COC[C@@]1(O)CC[C@H]2[C@H](CC[C@@H]3[C@@H]2CC[C@]2(C)[C@@H](C(=O)Cn4cnnn4)CC[C@@H]32)C1.CS.CS.O=CO[O-].[H-].[K+].[K+]. The number of methoxy groups -OCH3 is 2. The van der Waals surface area contributed by atoms with Crippen LogP contribution in [0, 0.1) is 81.8 Å². The molecule has 9 aliphatic rings. The summed E-state index contributed by atoms with van der Waals surface area (Å²) < 4.78 is 12.2. The molecule has 0 aromatic carbocycles. The molecule has 402 valence electrons. The van der Waals surface area contributed by atoms with Crippen molar-refractivity contribution in [2.24, 2.45) is 97.1 Å². The molecule has 8 fully saturated rings. The second kappa shape index (κ2) is 33.2. The molecule has 0 radical (unpaired) electrons. The molecule has 16 nitrogen and oxygen atoms in total. The van der Waals surface area contributed by atoms with Gasteiger partial charge in [-0.25, -0.2) is 9.67 Å². The van der Waals surface area contributed by atoms with Crippen molar-refractivity contribution < 1.29 is 148 Å². The summed E-state index contributed by atoms with van der Waals surface area (Å²) in [4.78, 5) is 40.5. The first kappa shape index (κ1) is 69.5. The predicted octanol–water partition coefficient (Wildman–Crippen LogP) is 2.21. The normalized spacial score (nSPS) is 38.9. The first-order valence-electron chi connectivity index (χ1n) is 25.5. The number of aromatic nitrogens is 4. The average molecular weight is 1170 g/mol. The zero-order valence-corrected chi connectivity index (χ0v) is 53.7. The fraction of sp³-hybridized carbons (Fsp3) is 0.902. The maximum atomic E-state index is 13.1. The third-order valence-electron chi connectivity index (χ3n) is 19.1. The molecule has 8 aliphatic carbocycles. The largest absolute Gasteiger partial charge is 1.00 e. The quantitative estimate of drug-likeness (QED) is 0.0662. The van der Waals surface area contributed by atoms with Gasteiger partial charge in [-0.2, -0.15) is 30.4 Å². The number of fused-ring (bicyclic) bond motifs is 10. The van der Waals surface area contributed by atoms with Crippen LogP contribution in [0.2, 0.25) is 0 Å². The van der Waals surface area contributed by atoms with Gasteiger partial charge in [-0.05, 0) is 209 Å². The van der Waals surface area contributed by atoms with Crippen molar-refractivity contribution >= 4 is 65.6 Å². The van der Waals surface area contributed by atoms with Crippen LogP contribution in [0.4, 0.5) is 0 Å². The van der Waals surface area contributed by atoms with E-state index in [-0.39, 0.29) is 141 Å². The monoisotopic (exact) mass is 1160 g/mol. The summed E-state index contributed by atoms with van der Waals surface area (Å²) in [5.41, 5.74) is -0.839. The second-order valence-electron chi connectivity index (χ2n) is 22.0. The van der Waals surface area contributed by atoms with Gasteiger partial charge in [0, 0.05) is 26.1 Å². The van der Waals surface area contributed by atoms with Crippen molar-refractivity contribution in [3.05, 3.63) is 6.33 Å². The first-order valence-corrected chi connectivity index (χ1v) is 28.4. The summed E-state index contributed by atoms with van der Waals surface area (Å²) in [6.07, 6.45) is 26.9. The van der Waals surface area contributed by atoms with Gasteiger partial charge in [0.25, 0.3) is 6.47 Å². The van der Waals surface area contributed by atoms with Crippen molar-refractivity contribution in [1.29, 1.82) is 0 Å². The maximum Gasteiger partial charge on any atom is 1.00 e. The predicted molar refractivity (Wildman–Crippen MR) is 280 cm³/mol. The number of carbonyl (C=O) groups excluding carboxylic acids is 3. The van der Waals surface area contributed by atoms with Crippen LogP contribution in [-0.2, 0) is 35.3 Å². The molecular formula is C51H88BrK2N7O9S2. The standard InChI is InChI=1S/C23H36N4O3.C22H35BrO3.C2H3N3.CH2O3.2CH4S.CH4.2K.H/c1-22-9-7-17-16-8-10-23(29,13-30-2)11-15(16)3-4-18(17)19(22)5-6-20(22)21(28)12-27-14-24-25-26-27;1-21-9-7-16-15-8-10-22(25,13-26-2)11-14(15)3-4-17(16)18(21)5-6-19(21)20(24)12-23;1-3-2-5-4-1;2-1-4-3;2*1-2;;;;/h14-20,29H,3-13H2,1-2H3;14-19,25H,3-13H2,1-2H3;1H,2H2;1,3H;2*2H,1H3;1H4;;;/q;;;;;;;2*+1;-1/p-1/t15-,16+,17-,18-,19+,20-,22+,23-;14-,15+,16-,17-,18+,19-,21+,22-;;;;;;;;/m11......../s1. The van der Waals surface area contributed by atoms with Gasteiger partial charge >= 0.3 is 103 Å². The van der Waals surface area contributed by atoms with Crippen LogP contribution in [0.25, 0.3) is 0 Å². The van der Waals surface area contributed by atoms with Crippen LogP contribution in [0.5, 0.6) is 0 Å². The number of tetrazole rings is 1. The van der Waals surface area contributed by atoms with E-state index in [2.05, 4.69) is 90.7 Å². The molecule has 8 saturated carbocycles. The zero-order valence-electron chi connectivity index (χ0n) is 45.1. The van der Waals surface area contributed by atoms with Gasteiger partial charge in [-0.1, -0.05) is 37.2 Å². The van der Waals surface area contributed by atoms with E-state index in [4.69, 9.17) is 19.5 Å². The molecule has 1 aliphatic heterocycles. The van der Waals surface area contributed by atoms with Crippen LogP contribution in [0.1, 0.15) is 138 Å². The number of thiol groups is 2. The minimum Gasteiger partial charge on any atom is -1.00 e. The summed E-state index contributed by atoms with van der Waals surface area (Å²) in [6, 6.07) is 0. The first-order chi connectivity index (χ1) is 33.3. The van der Waals surface area contributed by atoms with Gasteiger partial charge in [0.1, 0.15) is 25.0 Å². The number of hydrogen-bond donors (Lipinski definition) is 4. The van der Waals surface area contributed by atoms with Crippen molar-refractivity contribution in [2.45, 2.75) is 155 Å². The Bertz CT molecular complexity index is 1830. The van der Waals surface area contributed by atoms with E-state index in [1.807, 2.05) is 0 Å². The molecule has 16 atom stereocenters. The molecular weight excluding hydrogens is 1080 g/mol. The number of aliphatic imine (C=N–C) groups is 1. The smallest absolute Gasteiger partial charge is 1.00 e. The molecule has 0 spiro atoms. The number of halogens is 1. The molecule has 0 amide bonds. The maximum absolute atomic E-state index is 13.1.